The first-order valence-corrected chi connectivity index (χ1v) is 7.16. The molecule has 0 heterocycles. The molecule has 0 saturated carbocycles. The molecule has 0 spiro atoms. The van der Waals surface area contributed by atoms with Crippen LogP contribution in [0.2, 0.25) is 0 Å². The Morgan fingerprint density at radius 1 is 0.714 bits per heavy atom. The van der Waals surface area contributed by atoms with Crippen LogP contribution in [0.15, 0.2) is 72.8 Å². The Balaban J connectivity index is 0.000000160. The summed E-state index contributed by atoms with van der Waals surface area (Å²) in [6.07, 6.45) is 0.859. The second-order valence-corrected chi connectivity index (χ2v) is 5.29. The molecule has 0 radical (unpaired) electrons. The second-order valence-electron chi connectivity index (χ2n) is 5.29. The van der Waals surface area contributed by atoms with Crippen molar-refractivity contribution in [2.24, 2.45) is 0 Å². The Hall–Kier alpha value is -2.54. The number of hydrogen-bond donors (Lipinski definition) is 1. The lowest BCUT2D eigenvalue weighted by molar-refractivity contribution is 0.470. The molecule has 0 atom stereocenters. The average molecular weight is 274 g/mol. The fourth-order valence-electron chi connectivity index (χ4n) is 2.67. The van der Waals surface area contributed by atoms with Crippen molar-refractivity contribution in [1.82, 2.24) is 0 Å². The summed E-state index contributed by atoms with van der Waals surface area (Å²) in [5.41, 5.74) is 6.14. The molecule has 0 aromatic heterocycles. The third kappa shape index (κ3) is 2.82. The molecule has 0 amide bonds. The smallest absolute Gasteiger partial charge is 0.119 e. The van der Waals surface area contributed by atoms with Crippen LogP contribution in [0, 0.1) is 6.92 Å². The molecule has 0 fully saturated rings. The number of benzene rings is 3. The third-order valence-electron chi connectivity index (χ3n) is 3.77. The van der Waals surface area contributed by atoms with Gasteiger partial charge in [0.15, 0.2) is 0 Å². The van der Waals surface area contributed by atoms with Gasteiger partial charge in [0.05, 0.1) is 0 Å². The topological polar surface area (TPSA) is 20.2 Å². The van der Waals surface area contributed by atoms with Gasteiger partial charge in [-0.05, 0) is 29.7 Å². The number of phenolic OH excluding ortho intramolecular Hbond substituents is 1. The van der Waals surface area contributed by atoms with Gasteiger partial charge in [-0.15, -0.1) is 0 Å². The van der Waals surface area contributed by atoms with Gasteiger partial charge in [0.25, 0.3) is 0 Å². The average Bonchev–Trinajstić information content (AvgIpc) is 2.89. The Bertz CT molecular complexity index is 745. The Kier molecular flexibility index (Phi) is 3.74. The molecule has 3 aromatic carbocycles. The lowest BCUT2D eigenvalue weighted by Gasteiger charge is -2.01. The number of aryl methyl sites for hydroxylation is 1. The molecule has 104 valence electrons. The molecule has 1 aliphatic carbocycles. The van der Waals surface area contributed by atoms with E-state index < -0.39 is 0 Å². The van der Waals surface area contributed by atoms with E-state index in [1.165, 1.54) is 22.3 Å². The lowest BCUT2D eigenvalue weighted by atomic mass is 10.1. The van der Waals surface area contributed by atoms with Gasteiger partial charge in [-0.1, -0.05) is 72.3 Å². The maximum Gasteiger partial charge on any atom is 0.119 e. The van der Waals surface area contributed by atoms with Crippen molar-refractivity contribution in [2.75, 3.05) is 0 Å². The molecule has 0 bridgehead atoms. The van der Waals surface area contributed by atoms with Crippen molar-refractivity contribution in [3.8, 4) is 16.9 Å². The summed E-state index contributed by atoms with van der Waals surface area (Å²) in [4.78, 5) is 0. The van der Waals surface area contributed by atoms with Gasteiger partial charge >= 0.3 is 0 Å². The minimum atomic E-state index is 0.415. The highest BCUT2D eigenvalue weighted by atomic mass is 16.3. The maximum absolute atomic E-state index is 9.70. The Morgan fingerprint density at radius 3 is 2.10 bits per heavy atom. The molecule has 1 N–H and O–H groups in total. The highest BCUT2D eigenvalue weighted by molar-refractivity contribution is 5.78. The van der Waals surface area contributed by atoms with E-state index in [2.05, 4.69) is 37.3 Å². The summed E-state index contributed by atoms with van der Waals surface area (Å²) in [6.45, 7) is 2.08. The van der Waals surface area contributed by atoms with E-state index in [1.807, 2.05) is 36.4 Å². The summed E-state index contributed by atoms with van der Waals surface area (Å²) < 4.78 is 0. The van der Waals surface area contributed by atoms with E-state index in [-0.39, 0.29) is 0 Å². The van der Waals surface area contributed by atoms with Crippen LogP contribution in [0.4, 0.5) is 0 Å². The van der Waals surface area contributed by atoms with Gasteiger partial charge < -0.3 is 5.11 Å². The van der Waals surface area contributed by atoms with Crippen LogP contribution in [0.3, 0.4) is 0 Å². The van der Waals surface area contributed by atoms with Crippen molar-refractivity contribution in [3.63, 3.8) is 0 Å². The molecule has 0 aliphatic heterocycles. The summed E-state index contributed by atoms with van der Waals surface area (Å²) in [5, 5.41) is 9.70. The number of rotatable bonds is 0. The summed E-state index contributed by atoms with van der Waals surface area (Å²) in [7, 11) is 0. The van der Waals surface area contributed by atoms with E-state index in [4.69, 9.17) is 0 Å². The van der Waals surface area contributed by atoms with Crippen LogP contribution >= 0.6 is 0 Å². The van der Waals surface area contributed by atoms with Crippen molar-refractivity contribution in [3.05, 3.63) is 89.5 Å². The van der Waals surface area contributed by atoms with Crippen molar-refractivity contribution < 1.29 is 5.11 Å². The first kappa shape index (κ1) is 13.4. The summed E-state index contributed by atoms with van der Waals surface area (Å²) >= 11 is 0. The standard InChI is InChI=1S/C13H10O.C7H8/c14-13-7-3-6-11-10-5-2-1-4-9(10)8-12(11)13;1-7-5-3-2-4-6-7/h1-7,14H,8H2;2-6H,1H3. The van der Waals surface area contributed by atoms with Gasteiger partial charge in [-0.2, -0.15) is 0 Å². The Labute approximate surface area is 125 Å². The minimum absolute atomic E-state index is 0.415. The molecule has 3 aromatic rings. The fourth-order valence-corrected chi connectivity index (χ4v) is 2.67. The molecular formula is C20H18O. The van der Waals surface area contributed by atoms with Crippen LogP contribution in [0.25, 0.3) is 11.1 Å². The maximum atomic E-state index is 9.70. The van der Waals surface area contributed by atoms with E-state index >= 15 is 0 Å². The lowest BCUT2D eigenvalue weighted by Crippen LogP contribution is -1.80. The monoisotopic (exact) mass is 274 g/mol. The van der Waals surface area contributed by atoms with Crippen LogP contribution in [-0.2, 0) is 6.42 Å². The molecule has 0 unspecified atom stereocenters. The van der Waals surface area contributed by atoms with Gasteiger partial charge in [0.2, 0.25) is 0 Å². The van der Waals surface area contributed by atoms with Gasteiger partial charge in [-0.3, -0.25) is 0 Å². The number of fused-ring (bicyclic) bond motifs is 3. The molecule has 1 aliphatic rings. The van der Waals surface area contributed by atoms with Gasteiger partial charge in [-0.25, -0.2) is 0 Å². The number of hydrogen-bond acceptors (Lipinski definition) is 1. The zero-order chi connectivity index (χ0) is 14.7. The first-order valence-electron chi connectivity index (χ1n) is 7.16. The number of phenols is 1. The molecular weight excluding hydrogens is 256 g/mol. The SMILES string of the molecule is Cc1ccccc1.Oc1cccc2c1Cc1ccccc1-2. The van der Waals surface area contributed by atoms with Crippen molar-refractivity contribution in [2.45, 2.75) is 13.3 Å². The largest absolute Gasteiger partial charge is 0.508 e. The van der Waals surface area contributed by atoms with Gasteiger partial charge in [0.1, 0.15) is 5.75 Å². The van der Waals surface area contributed by atoms with E-state index in [9.17, 15) is 5.11 Å². The second kappa shape index (κ2) is 5.84. The van der Waals surface area contributed by atoms with Crippen molar-refractivity contribution >= 4 is 0 Å². The summed E-state index contributed by atoms with van der Waals surface area (Å²) in [6, 6.07) is 24.3. The van der Waals surface area contributed by atoms with Crippen LogP contribution < -0.4 is 0 Å². The van der Waals surface area contributed by atoms with E-state index in [1.54, 1.807) is 6.07 Å². The van der Waals surface area contributed by atoms with Crippen molar-refractivity contribution in [1.29, 1.82) is 0 Å². The highest BCUT2D eigenvalue weighted by Gasteiger charge is 2.19. The van der Waals surface area contributed by atoms with E-state index in [0.717, 1.165) is 12.0 Å². The number of aromatic hydroxyl groups is 1. The minimum Gasteiger partial charge on any atom is -0.508 e. The molecule has 21 heavy (non-hydrogen) atoms. The first-order chi connectivity index (χ1) is 10.3. The summed E-state index contributed by atoms with van der Waals surface area (Å²) in [5.74, 6) is 0.415. The molecule has 1 nitrogen and oxygen atoms in total. The molecule has 1 heteroatoms. The van der Waals surface area contributed by atoms with Gasteiger partial charge in [0, 0.05) is 12.0 Å². The van der Waals surface area contributed by atoms with Crippen LogP contribution in [-0.4, -0.2) is 5.11 Å². The third-order valence-corrected chi connectivity index (χ3v) is 3.77. The highest BCUT2D eigenvalue weighted by Crippen LogP contribution is 2.40. The molecule has 4 rings (SSSR count). The van der Waals surface area contributed by atoms with E-state index in [0.29, 0.717) is 5.75 Å². The zero-order valence-corrected chi connectivity index (χ0v) is 12.1. The fraction of sp³-hybridized carbons (Fsp3) is 0.100. The Morgan fingerprint density at radius 2 is 1.38 bits per heavy atom. The quantitative estimate of drug-likeness (QED) is 0.480. The normalized spacial score (nSPS) is 11.1. The predicted octanol–water partition coefficient (Wildman–Crippen LogP) is 4.96. The molecule has 0 saturated heterocycles. The van der Waals surface area contributed by atoms with Crippen LogP contribution in [0.1, 0.15) is 16.7 Å². The zero-order valence-electron chi connectivity index (χ0n) is 12.1. The predicted molar refractivity (Wildman–Crippen MR) is 87.5 cm³/mol. The van der Waals surface area contributed by atoms with Crippen LogP contribution in [0.5, 0.6) is 5.75 Å².